The van der Waals surface area contributed by atoms with E-state index in [1.807, 2.05) is 12.4 Å². The summed E-state index contributed by atoms with van der Waals surface area (Å²) in [6, 6.07) is 71.2. The van der Waals surface area contributed by atoms with Crippen molar-refractivity contribution in [3.05, 3.63) is 251 Å². The van der Waals surface area contributed by atoms with Gasteiger partial charge in [0, 0.05) is 40.1 Å². The van der Waals surface area contributed by atoms with E-state index in [0.29, 0.717) is 0 Å². The molecule has 12 rings (SSSR count). The number of rotatable bonds is 8. The monoisotopic (exact) mass is 934 g/mol. The Morgan fingerprint density at radius 2 is 0.875 bits per heavy atom. The van der Waals surface area contributed by atoms with E-state index in [0.717, 1.165) is 106 Å². The first-order valence-electron chi connectivity index (χ1n) is 25.1. The van der Waals surface area contributed by atoms with Crippen LogP contribution in [0.3, 0.4) is 0 Å². The second-order valence-corrected chi connectivity index (χ2v) is 21.6. The highest BCUT2D eigenvalue weighted by Crippen LogP contribution is 2.63. The molecule has 0 saturated heterocycles. The van der Waals surface area contributed by atoms with Crippen molar-refractivity contribution in [3.63, 3.8) is 0 Å². The summed E-state index contributed by atoms with van der Waals surface area (Å²) in [7, 11) is 0. The zero-order chi connectivity index (χ0) is 49.5. The van der Waals surface area contributed by atoms with Crippen LogP contribution in [0.2, 0.25) is 0 Å². The topological polar surface area (TPSA) is 45.4 Å². The average Bonchev–Trinajstić information content (AvgIpc) is 3.92. The van der Waals surface area contributed by atoms with Gasteiger partial charge in [0.1, 0.15) is 22.8 Å². The Bertz CT molecular complexity index is 3770. The van der Waals surface area contributed by atoms with Crippen LogP contribution in [-0.4, -0.2) is 9.97 Å². The van der Waals surface area contributed by atoms with Crippen molar-refractivity contribution in [2.24, 2.45) is 0 Å². The van der Waals surface area contributed by atoms with E-state index in [4.69, 9.17) is 14.4 Å². The van der Waals surface area contributed by atoms with Gasteiger partial charge in [-0.1, -0.05) is 181 Å². The lowest BCUT2D eigenvalue weighted by Crippen LogP contribution is -2.29. The molecule has 0 spiro atoms. The number of fused-ring (bicyclic) bond motifs is 9. The number of furan rings is 1. The number of hydrogen-bond donors (Lipinski definition) is 0. The van der Waals surface area contributed by atoms with Crippen molar-refractivity contribution in [1.29, 1.82) is 0 Å². The van der Waals surface area contributed by atoms with E-state index >= 15 is 0 Å². The van der Waals surface area contributed by atoms with Gasteiger partial charge in [-0.2, -0.15) is 0 Å². The minimum atomic E-state index is -0.835. The molecule has 8 aromatic carbocycles. The molecular formula is C67H58N4O. The van der Waals surface area contributed by atoms with Gasteiger partial charge in [-0.15, -0.1) is 0 Å². The minimum Gasteiger partial charge on any atom is -0.455 e. The molecule has 0 saturated carbocycles. The first-order chi connectivity index (χ1) is 34.8. The first-order valence-corrected chi connectivity index (χ1v) is 25.1. The van der Waals surface area contributed by atoms with E-state index in [9.17, 15) is 0 Å². The third-order valence-corrected chi connectivity index (χ3v) is 14.8. The molecule has 3 aromatic heterocycles. The lowest BCUT2D eigenvalue weighted by atomic mass is 9.67. The molecule has 3 heterocycles. The Morgan fingerprint density at radius 1 is 0.431 bits per heavy atom. The fourth-order valence-corrected chi connectivity index (χ4v) is 11.2. The molecule has 0 aliphatic heterocycles. The number of anilines is 6. The van der Waals surface area contributed by atoms with Gasteiger partial charge in [0.15, 0.2) is 0 Å². The highest BCUT2D eigenvalue weighted by atomic mass is 16.3. The quantitative estimate of drug-likeness (QED) is 0.152. The van der Waals surface area contributed by atoms with Crippen LogP contribution >= 0.6 is 0 Å². The van der Waals surface area contributed by atoms with Gasteiger partial charge in [-0.25, -0.2) is 9.97 Å². The normalized spacial score (nSPS) is 13.1. The van der Waals surface area contributed by atoms with Gasteiger partial charge in [0.05, 0.1) is 22.2 Å². The highest BCUT2D eigenvalue weighted by Gasteiger charge is 2.50. The molecule has 0 unspecified atom stereocenters. The second-order valence-electron chi connectivity index (χ2n) is 21.6. The summed E-state index contributed by atoms with van der Waals surface area (Å²) in [5.41, 5.74) is 16.5. The number of benzene rings is 8. The Balaban J connectivity index is 1.26. The smallest absolute Gasteiger partial charge is 0.145 e. The van der Waals surface area contributed by atoms with Crippen LogP contribution in [0.15, 0.2) is 211 Å². The largest absolute Gasteiger partial charge is 0.455 e. The van der Waals surface area contributed by atoms with Crippen molar-refractivity contribution >= 4 is 67.1 Å². The molecule has 352 valence electrons. The maximum absolute atomic E-state index is 7.41. The predicted molar refractivity (Wildman–Crippen MR) is 300 cm³/mol. The average molecular weight is 935 g/mol. The van der Waals surface area contributed by atoms with Gasteiger partial charge >= 0.3 is 0 Å². The summed E-state index contributed by atoms with van der Waals surface area (Å²) in [5, 5.41) is 4.32. The summed E-state index contributed by atoms with van der Waals surface area (Å²) in [4.78, 5) is 15.1. The van der Waals surface area contributed by atoms with E-state index in [1.54, 1.807) is 0 Å². The number of hydrogen-bond acceptors (Lipinski definition) is 5. The van der Waals surface area contributed by atoms with E-state index < -0.39 is 5.41 Å². The molecule has 0 fully saturated rings. The zero-order valence-corrected chi connectivity index (χ0v) is 42.3. The van der Waals surface area contributed by atoms with Crippen LogP contribution in [0.25, 0.3) is 43.8 Å². The third-order valence-electron chi connectivity index (χ3n) is 14.8. The number of nitrogens with zero attached hydrogens (tertiary/aromatic N) is 4. The number of pyridine rings is 2. The van der Waals surface area contributed by atoms with Gasteiger partial charge in [-0.3, -0.25) is 9.80 Å². The van der Waals surface area contributed by atoms with Crippen LogP contribution in [0.5, 0.6) is 0 Å². The van der Waals surface area contributed by atoms with E-state index in [1.165, 1.54) is 16.7 Å². The van der Waals surface area contributed by atoms with Crippen molar-refractivity contribution < 1.29 is 4.42 Å². The van der Waals surface area contributed by atoms with Crippen molar-refractivity contribution in [1.82, 2.24) is 9.97 Å². The summed E-state index contributed by atoms with van der Waals surface area (Å²) in [5.74, 6) is 1.66. The molecule has 0 N–H and O–H groups in total. The Labute approximate surface area is 423 Å². The minimum absolute atomic E-state index is 0.00962. The molecular weight excluding hydrogens is 877 g/mol. The van der Waals surface area contributed by atoms with E-state index in [2.05, 4.69) is 259 Å². The van der Waals surface area contributed by atoms with Crippen molar-refractivity contribution in [2.75, 3.05) is 9.80 Å². The van der Waals surface area contributed by atoms with Crippen LogP contribution in [0, 0.1) is 13.8 Å². The molecule has 0 bridgehead atoms. The molecule has 1 aliphatic carbocycles. The SMILES string of the molecule is Cc1ccc(N(c2ccc(C(C)(C)C)cc2)c2cc3c(c4ccccc24)-c2c(cc(N(c4ccc(C(C)(C)C)cc4)c4ccc(C)cn4)c4c2oc2ccccc24)C3(c2ccccc2)c2ccccc2)nc1. The van der Waals surface area contributed by atoms with E-state index in [-0.39, 0.29) is 10.8 Å². The standard InChI is InChI=1S/C67H58N4O/c1-43-27-37-59(68-41-43)70(49-33-29-45(30-34-49)65(3,4)5)56-39-54-61(52-24-16-15-23-51(52)56)63-55(67(54,47-19-11-9-12-20-47)48-21-13-10-14-22-48)40-57(62-53-25-17-18-26-58(53)72-64(62)63)71(60-38-28-44(2)42-69-60)50-35-31-46(32-36-50)66(6,7)8/h9-42H,1-8H3. The molecule has 5 nitrogen and oxygen atoms in total. The third kappa shape index (κ3) is 7.20. The first kappa shape index (κ1) is 44.9. The fraction of sp³-hybridized carbons (Fsp3) is 0.164. The lowest BCUT2D eigenvalue weighted by molar-refractivity contribution is 0.590. The molecule has 1 aliphatic rings. The summed E-state index contributed by atoms with van der Waals surface area (Å²) < 4.78 is 7.41. The van der Waals surface area contributed by atoms with Crippen LogP contribution in [-0.2, 0) is 16.2 Å². The summed E-state index contributed by atoms with van der Waals surface area (Å²) >= 11 is 0. The van der Waals surface area contributed by atoms with Gasteiger partial charge < -0.3 is 4.42 Å². The van der Waals surface area contributed by atoms with Crippen LogP contribution in [0.4, 0.5) is 34.4 Å². The summed E-state index contributed by atoms with van der Waals surface area (Å²) in [6.07, 6.45) is 3.94. The van der Waals surface area contributed by atoms with Crippen LogP contribution < -0.4 is 9.80 Å². The molecule has 5 heteroatoms. The van der Waals surface area contributed by atoms with Gasteiger partial charge in [0.2, 0.25) is 0 Å². The second kappa shape index (κ2) is 17.0. The number of aromatic nitrogens is 2. The molecule has 0 atom stereocenters. The molecule has 72 heavy (non-hydrogen) atoms. The highest BCUT2D eigenvalue weighted by molar-refractivity contribution is 6.22. The lowest BCUT2D eigenvalue weighted by Gasteiger charge is -2.36. The fourth-order valence-electron chi connectivity index (χ4n) is 11.2. The van der Waals surface area contributed by atoms with Crippen LogP contribution in [0.1, 0.15) is 86.1 Å². The zero-order valence-electron chi connectivity index (χ0n) is 42.3. The maximum Gasteiger partial charge on any atom is 0.145 e. The van der Waals surface area contributed by atoms with Crippen molar-refractivity contribution in [3.8, 4) is 11.1 Å². The maximum atomic E-state index is 7.41. The molecule has 11 aromatic rings. The molecule has 0 radical (unpaired) electrons. The Hall–Kier alpha value is -8.28. The Morgan fingerprint density at radius 3 is 1.38 bits per heavy atom. The Kier molecular flexibility index (Phi) is 10.6. The van der Waals surface area contributed by atoms with Crippen molar-refractivity contribution in [2.45, 2.75) is 71.6 Å². The van der Waals surface area contributed by atoms with Gasteiger partial charge in [0.25, 0.3) is 0 Å². The summed E-state index contributed by atoms with van der Waals surface area (Å²) in [6.45, 7) is 17.8. The molecule has 0 amide bonds. The predicted octanol–water partition coefficient (Wildman–Crippen LogP) is 18.0. The number of para-hydroxylation sites is 1. The van der Waals surface area contributed by atoms with Gasteiger partial charge in [-0.05, 0) is 135 Å². The number of aryl methyl sites for hydroxylation is 2.